The Labute approximate surface area is 115 Å². The number of likely N-dealkylation sites (N-methyl/N-ethyl adjacent to an activating group) is 1. The number of aryl methyl sites for hydroxylation is 2. The molecular weight excluding hydrogens is 242 g/mol. The Hall–Kier alpha value is -1.13. The summed E-state index contributed by atoms with van der Waals surface area (Å²) in [7, 11) is 2.15. The lowest BCUT2D eigenvalue weighted by atomic mass is 10.1. The molecule has 18 heavy (non-hydrogen) atoms. The van der Waals surface area contributed by atoms with Crippen molar-refractivity contribution < 1.29 is 0 Å². The largest absolute Gasteiger partial charge is 0.346 e. The van der Waals surface area contributed by atoms with E-state index in [1.807, 2.05) is 0 Å². The van der Waals surface area contributed by atoms with Crippen LogP contribution in [0.25, 0.3) is 0 Å². The maximum absolute atomic E-state index is 5.51. The summed E-state index contributed by atoms with van der Waals surface area (Å²) in [5.74, 6) is 0. The van der Waals surface area contributed by atoms with Crippen molar-refractivity contribution in [1.29, 1.82) is 0 Å². The predicted molar refractivity (Wildman–Crippen MR) is 81.2 cm³/mol. The highest BCUT2D eigenvalue weighted by Gasteiger charge is 2.17. The number of hydrogen-bond acceptors (Lipinski definition) is 2. The number of nitrogens with one attached hydrogen (secondary N) is 1. The van der Waals surface area contributed by atoms with Crippen LogP contribution in [0.5, 0.6) is 0 Å². The molecule has 3 nitrogen and oxygen atoms in total. The van der Waals surface area contributed by atoms with Gasteiger partial charge in [0.15, 0.2) is 5.11 Å². The number of rotatable bonds is 1. The van der Waals surface area contributed by atoms with Gasteiger partial charge >= 0.3 is 0 Å². The Morgan fingerprint density at radius 1 is 1.11 bits per heavy atom. The fourth-order valence-electron chi connectivity index (χ4n) is 2.21. The number of benzene rings is 1. The van der Waals surface area contributed by atoms with Gasteiger partial charge in [-0.15, -0.1) is 0 Å². The van der Waals surface area contributed by atoms with Gasteiger partial charge in [-0.2, -0.15) is 0 Å². The third-order valence-electron chi connectivity index (χ3n) is 3.50. The summed E-state index contributed by atoms with van der Waals surface area (Å²) in [5, 5.41) is 4.25. The van der Waals surface area contributed by atoms with Crippen molar-refractivity contribution in [2.75, 3.05) is 38.5 Å². The lowest BCUT2D eigenvalue weighted by Crippen LogP contribution is -2.48. The smallest absolute Gasteiger partial charge is 0.173 e. The zero-order valence-electron chi connectivity index (χ0n) is 11.4. The highest BCUT2D eigenvalue weighted by atomic mass is 32.1. The molecule has 2 rings (SSSR count). The Kier molecular flexibility index (Phi) is 4.19. The van der Waals surface area contributed by atoms with Gasteiger partial charge in [0.2, 0.25) is 0 Å². The van der Waals surface area contributed by atoms with Gasteiger partial charge in [0.25, 0.3) is 0 Å². The van der Waals surface area contributed by atoms with Crippen molar-refractivity contribution in [2.24, 2.45) is 0 Å². The van der Waals surface area contributed by atoms with Crippen LogP contribution in [0.15, 0.2) is 18.2 Å². The Balaban J connectivity index is 2.03. The van der Waals surface area contributed by atoms with Crippen LogP contribution in [0.3, 0.4) is 0 Å². The van der Waals surface area contributed by atoms with E-state index < -0.39 is 0 Å². The van der Waals surface area contributed by atoms with E-state index in [4.69, 9.17) is 12.2 Å². The van der Waals surface area contributed by atoms with Gasteiger partial charge in [-0.05, 0) is 44.2 Å². The Morgan fingerprint density at radius 2 is 1.67 bits per heavy atom. The van der Waals surface area contributed by atoms with E-state index >= 15 is 0 Å². The first-order valence-electron chi connectivity index (χ1n) is 6.38. The molecule has 0 aliphatic carbocycles. The second kappa shape index (κ2) is 5.67. The van der Waals surface area contributed by atoms with Gasteiger partial charge in [0.05, 0.1) is 0 Å². The van der Waals surface area contributed by atoms with E-state index in [9.17, 15) is 0 Å². The fraction of sp³-hybridized carbons (Fsp3) is 0.500. The Morgan fingerprint density at radius 3 is 2.22 bits per heavy atom. The van der Waals surface area contributed by atoms with Crippen molar-refractivity contribution >= 4 is 23.0 Å². The van der Waals surface area contributed by atoms with Crippen LogP contribution >= 0.6 is 12.2 Å². The molecule has 1 aliphatic heterocycles. The van der Waals surface area contributed by atoms with E-state index in [2.05, 4.69) is 54.2 Å². The van der Waals surface area contributed by atoms with E-state index in [0.29, 0.717) is 0 Å². The average Bonchev–Trinajstić information content (AvgIpc) is 2.34. The summed E-state index contributed by atoms with van der Waals surface area (Å²) in [6.07, 6.45) is 0. The van der Waals surface area contributed by atoms with Crippen molar-refractivity contribution in [3.8, 4) is 0 Å². The van der Waals surface area contributed by atoms with Gasteiger partial charge in [-0.25, -0.2) is 0 Å². The van der Waals surface area contributed by atoms with Gasteiger partial charge in [0, 0.05) is 31.9 Å². The van der Waals surface area contributed by atoms with Crippen LogP contribution in [0, 0.1) is 13.8 Å². The van der Waals surface area contributed by atoms with Gasteiger partial charge in [-0.1, -0.05) is 18.2 Å². The summed E-state index contributed by atoms with van der Waals surface area (Å²) < 4.78 is 0. The van der Waals surface area contributed by atoms with Crippen molar-refractivity contribution in [2.45, 2.75) is 13.8 Å². The first-order valence-corrected chi connectivity index (χ1v) is 6.79. The van der Waals surface area contributed by atoms with Crippen LogP contribution in [0.2, 0.25) is 0 Å². The highest BCUT2D eigenvalue weighted by Crippen LogP contribution is 2.20. The first-order chi connectivity index (χ1) is 8.58. The van der Waals surface area contributed by atoms with E-state index in [0.717, 1.165) is 37.0 Å². The molecule has 1 saturated heterocycles. The molecule has 0 saturated carbocycles. The van der Waals surface area contributed by atoms with Crippen molar-refractivity contribution in [3.05, 3.63) is 29.3 Å². The SMILES string of the molecule is Cc1cccc(C)c1NC(=S)N1CCN(C)CC1. The first kappa shape index (κ1) is 13.3. The standard InChI is InChI=1S/C14H21N3S/c1-11-5-4-6-12(2)13(11)15-14(18)17-9-7-16(3)8-10-17/h4-6H,7-10H2,1-3H3,(H,15,18). The zero-order chi connectivity index (χ0) is 13.1. The number of anilines is 1. The summed E-state index contributed by atoms with van der Waals surface area (Å²) in [6.45, 7) is 8.40. The summed E-state index contributed by atoms with van der Waals surface area (Å²) >= 11 is 5.51. The molecule has 98 valence electrons. The number of piperazine rings is 1. The highest BCUT2D eigenvalue weighted by molar-refractivity contribution is 7.80. The van der Waals surface area contributed by atoms with Crippen LogP contribution < -0.4 is 5.32 Å². The minimum Gasteiger partial charge on any atom is -0.346 e. The van der Waals surface area contributed by atoms with Crippen molar-refractivity contribution in [1.82, 2.24) is 9.80 Å². The molecule has 4 heteroatoms. The van der Waals surface area contributed by atoms with Crippen LogP contribution in [0.4, 0.5) is 5.69 Å². The molecule has 1 heterocycles. The van der Waals surface area contributed by atoms with E-state index in [1.165, 1.54) is 11.1 Å². The second-order valence-electron chi connectivity index (χ2n) is 4.99. The van der Waals surface area contributed by atoms with E-state index in [1.54, 1.807) is 0 Å². The minimum atomic E-state index is 0.848. The van der Waals surface area contributed by atoms with E-state index in [-0.39, 0.29) is 0 Å². The molecule has 1 aromatic rings. The second-order valence-corrected chi connectivity index (χ2v) is 5.37. The van der Waals surface area contributed by atoms with Crippen molar-refractivity contribution in [3.63, 3.8) is 0 Å². The number of nitrogens with zero attached hydrogens (tertiary/aromatic N) is 2. The molecule has 0 spiro atoms. The lowest BCUT2D eigenvalue weighted by Gasteiger charge is -2.34. The monoisotopic (exact) mass is 263 g/mol. The molecule has 0 aromatic heterocycles. The maximum Gasteiger partial charge on any atom is 0.173 e. The number of hydrogen-bond donors (Lipinski definition) is 1. The molecule has 0 unspecified atom stereocenters. The Bertz CT molecular complexity index is 416. The minimum absolute atomic E-state index is 0.848. The summed E-state index contributed by atoms with van der Waals surface area (Å²) in [4.78, 5) is 4.58. The zero-order valence-corrected chi connectivity index (χ0v) is 12.2. The quantitative estimate of drug-likeness (QED) is 0.783. The molecule has 1 aliphatic rings. The molecule has 0 bridgehead atoms. The van der Waals surface area contributed by atoms with Crippen LogP contribution in [-0.4, -0.2) is 48.1 Å². The van der Waals surface area contributed by atoms with Crippen LogP contribution in [-0.2, 0) is 0 Å². The number of para-hydroxylation sites is 1. The summed E-state index contributed by atoms with van der Waals surface area (Å²) in [6, 6.07) is 6.30. The fourth-order valence-corrected chi connectivity index (χ4v) is 2.49. The molecule has 1 N–H and O–H groups in total. The molecule has 0 radical (unpaired) electrons. The van der Waals surface area contributed by atoms with Gasteiger partial charge in [0.1, 0.15) is 0 Å². The molecule has 0 atom stereocenters. The lowest BCUT2D eigenvalue weighted by molar-refractivity contribution is 0.217. The summed E-state index contributed by atoms with van der Waals surface area (Å²) in [5.41, 5.74) is 3.64. The molecule has 1 fully saturated rings. The maximum atomic E-state index is 5.51. The normalized spacial score (nSPS) is 16.7. The average molecular weight is 263 g/mol. The third-order valence-corrected chi connectivity index (χ3v) is 3.86. The van der Waals surface area contributed by atoms with Gasteiger partial charge < -0.3 is 15.1 Å². The molecule has 1 aromatic carbocycles. The molecule has 0 amide bonds. The third kappa shape index (κ3) is 3.00. The van der Waals surface area contributed by atoms with Crippen LogP contribution in [0.1, 0.15) is 11.1 Å². The number of thiocarbonyl (C=S) groups is 1. The molecular formula is C14H21N3S. The predicted octanol–water partition coefficient (Wildman–Crippen LogP) is 2.25. The van der Waals surface area contributed by atoms with Gasteiger partial charge in [-0.3, -0.25) is 0 Å². The topological polar surface area (TPSA) is 18.5 Å².